The van der Waals surface area contributed by atoms with Gasteiger partial charge in [0.2, 0.25) is 10.0 Å². The van der Waals surface area contributed by atoms with Crippen LogP contribution in [-0.4, -0.2) is 35.0 Å². The molecule has 1 amide bonds. The van der Waals surface area contributed by atoms with Gasteiger partial charge in [0.1, 0.15) is 0 Å². The normalized spacial score (nSPS) is 14.1. The fourth-order valence-electron chi connectivity index (χ4n) is 3.93. The quantitative estimate of drug-likeness (QED) is 0.465. The lowest BCUT2D eigenvalue weighted by molar-refractivity contribution is 0.102. The van der Waals surface area contributed by atoms with Crippen LogP contribution in [-0.2, 0) is 23.0 Å². The molecule has 7 nitrogen and oxygen atoms in total. The molecule has 33 heavy (non-hydrogen) atoms. The summed E-state index contributed by atoms with van der Waals surface area (Å²) in [5.41, 5.74) is 3.73. The minimum Gasteiger partial charge on any atom is -0.322 e. The highest BCUT2D eigenvalue weighted by Gasteiger charge is 2.29. The molecule has 1 N–H and O–H groups in total. The lowest BCUT2D eigenvalue weighted by Crippen LogP contribution is -2.35. The Kier molecular flexibility index (Phi) is 5.61. The molecule has 0 atom stereocenters. The van der Waals surface area contributed by atoms with Crippen LogP contribution in [0.15, 0.2) is 77.1 Å². The van der Waals surface area contributed by atoms with Gasteiger partial charge in [0, 0.05) is 41.1 Å². The van der Waals surface area contributed by atoms with Crippen LogP contribution in [0.3, 0.4) is 0 Å². The van der Waals surface area contributed by atoms with Crippen LogP contribution in [0.4, 0.5) is 5.69 Å². The Hall–Kier alpha value is -3.27. The Labute approximate surface area is 196 Å². The maximum Gasteiger partial charge on any atom is 0.255 e. The van der Waals surface area contributed by atoms with E-state index >= 15 is 0 Å². The zero-order chi connectivity index (χ0) is 23.0. The van der Waals surface area contributed by atoms with Crippen LogP contribution in [0.2, 0.25) is 0 Å². The molecule has 0 saturated heterocycles. The van der Waals surface area contributed by atoms with Gasteiger partial charge in [-0.3, -0.25) is 4.79 Å². The summed E-state index contributed by atoms with van der Waals surface area (Å²) in [5.74, 6) is -0.375. The lowest BCUT2D eigenvalue weighted by Gasteiger charge is -2.26. The van der Waals surface area contributed by atoms with Gasteiger partial charge in [0.25, 0.3) is 5.91 Å². The second-order valence-electron chi connectivity index (χ2n) is 7.87. The number of fused-ring (bicyclic) bond motifs is 1. The predicted molar refractivity (Wildman–Crippen MR) is 128 cm³/mol. The minimum atomic E-state index is -3.71. The van der Waals surface area contributed by atoms with Crippen LogP contribution >= 0.6 is 11.3 Å². The molecule has 0 bridgehead atoms. The standard InChI is InChI=1S/C24H22N4O3S2/c1-17-8-11-25-28(17)21-6-3-5-20(15-21)26-24(29)18-4-2-7-22(14-18)33(30,31)27-12-9-23-19(16-27)10-13-32-23/h2-8,10-11,13-15H,9,12,16H2,1H3,(H,26,29). The molecule has 5 rings (SSSR count). The first kappa shape index (κ1) is 21.6. The SMILES string of the molecule is Cc1ccnn1-c1cccc(NC(=O)c2cccc(S(=O)(=O)N3CCc4sccc4C3)c2)c1. The number of carbonyl (C=O) groups excluding carboxylic acids is 1. The average Bonchev–Trinajstić information content (AvgIpc) is 3.47. The molecule has 2 aromatic heterocycles. The molecule has 0 aliphatic carbocycles. The van der Waals surface area contributed by atoms with E-state index in [1.807, 2.05) is 42.6 Å². The van der Waals surface area contributed by atoms with Gasteiger partial charge in [0.15, 0.2) is 0 Å². The minimum absolute atomic E-state index is 0.120. The highest BCUT2D eigenvalue weighted by atomic mass is 32.2. The number of aromatic nitrogens is 2. The molecular weight excluding hydrogens is 456 g/mol. The first-order valence-electron chi connectivity index (χ1n) is 10.5. The van der Waals surface area contributed by atoms with Crippen molar-refractivity contribution >= 4 is 33.0 Å². The van der Waals surface area contributed by atoms with Crippen molar-refractivity contribution in [1.29, 1.82) is 0 Å². The molecular formula is C24H22N4O3S2. The maximum atomic E-state index is 13.2. The van der Waals surface area contributed by atoms with Crippen LogP contribution in [0.1, 0.15) is 26.5 Å². The van der Waals surface area contributed by atoms with Crippen molar-refractivity contribution in [2.75, 3.05) is 11.9 Å². The summed E-state index contributed by atoms with van der Waals surface area (Å²) < 4.78 is 29.8. The molecule has 168 valence electrons. The van der Waals surface area contributed by atoms with Crippen LogP contribution < -0.4 is 5.32 Å². The van der Waals surface area contributed by atoms with Crippen molar-refractivity contribution in [2.45, 2.75) is 24.8 Å². The summed E-state index contributed by atoms with van der Waals surface area (Å²) in [6, 6.07) is 17.4. The van der Waals surface area contributed by atoms with Crippen molar-refractivity contribution in [3.05, 3.63) is 93.9 Å². The van der Waals surface area contributed by atoms with E-state index in [-0.39, 0.29) is 16.4 Å². The summed E-state index contributed by atoms with van der Waals surface area (Å²) in [6.07, 6.45) is 2.42. The van der Waals surface area contributed by atoms with E-state index < -0.39 is 10.0 Å². The Balaban J connectivity index is 1.36. The zero-order valence-corrected chi connectivity index (χ0v) is 19.6. The van der Waals surface area contributed by atoms with Gasteiger partial charge < -0.3 is 5.32 Å². The Morgan fingerprint density at radius 1 is 1.09 bits per heavy atom. The molecule has 0 saturated carbocycles. The number of hydrogen-bond acceptors (Lipinski definition) is 5. The number of thiophene rings is 1. The average molecular weight is 479 g/mol. The molecule has 1 aliphatic heterocycles. The fraction of sp³-hybridized carbons (Fsp3) is 0.167. The Bertz CT molecular complexity index is 1440. The first-order chi connectivity index (χ1) is 15.9. The second-order valence-corrected chi connectivity index (χ2v) is 10.8. The van der Waals surface area contributed by atoms with Crippen molar-refractivity contribution < 1.29 is 13.2 Å². The number of carbonyl (C=O) groups is 1. The van der Waals surface area contributed by atoms with Crippen molar-refractivity contribution in [3.63, 3.8) is 0 Å². The molecule has 0 spiro atoms. The number of hydrogen-bond donors (Lipinski definition) is 1. The number of anilines is 1. The number of nitrogens with one attached hydrogen (secondary N) is 1. The molecule has 1 aliphatic rings. The second kappa shape index (κ2) is 8.58. The van der Waals surface area contributed by atoms with Gasteiger partial charge in [0.05, 0.1) is 10.6 Å². The van der Waals surface area contributed by atoms with Gasteiger partial charge >= 0.3 is 0 Å². The summed E-state index contributed by atoms with van der Waals surface area (Å²) >= 11 is 1.66. The third-order valence-electron chi connectivity index (χ3n) is 5.69. The number of rotatable bonds is 5. The van der Waals surface area contributed by atoms with Crippen molar-refractivity contribution in [2.24, 2.45) is 0 Å². The zero-order valence-electron chi connectivity index (χ0n) is 17.9. The van der Waals surface area contributed by atoms with Crippen molar-refractivity contribution in [3.8, 4) is 5.69 Å². The molecule has 9 heteroatoms. The van der Waals surface area contributed by atoms with Gasteiger partial charge in [-0.2, -0.15) is 9.40 Å². The number of amides is 1. The summed E-state index contributed by atoms with van der Waals surface area (Å²) in [5, 5.41) is 9.15. The molecule has 0 fully saturated rings. The third kappa shape index (κ3) is 4.22. The highest BCUT2D eigenvalue weighted by Crippen LogP contribution is 2.28. The number of nitrogens with zero attached hydrogens (tertiary/aromatic N) is 3. The number of sulfonamides is 1. The molecule has 0 unspecified atom stereocenters. The van der Waals surface area contributed by atoms with Crippen molar-refractivity contribution in [1.82, 2.24) is 14.1 Å². The molecule has 3 heterocycles. The van der Waals surface area contributed by atoms with Gasteiger partial charge in [-0.05, 0) is 72.8 Å². The van der Waals surface area contributed by atoms with E-state index in [4.69, 9.17) is 0 Å². The van der Waals surface area contributed by atoms with E-state index in [2.05, 4.69) is 10.4 Å². The van der Waals surface area contributed by atoms with E-state index in [0.717, 1.165) is 16.9 Å². The lowest BCUT2D eigenvalue weighted by atomic mass is 10.1. The summed E-state index contributed by atoms with van der Waals surface area (Å²) in [7, 11) is -3.71. The highest BCUT2D eigenvalue weighted by molar-refractivity contribution is 7.89. The molecule has 4 aromatic rings. The Morgan fingerprint density at radius 3 is 2.76 bits per heavy atom. The van der Waals surface area contributed by atoms with Gasteiger partial charge in [-0.15, -0.1) is 11.3 Å². The Morgan fingerprint density at radius 2 is 1.94 bits per heavy atom. The van der Waals surface area contributed by atoms with E-state index in [9.17, 15) is 13.2 Å². The smallest absolute Gasteiger partial charge is 0.255 e. The summed E-state index contributed by atoms with van der Waals surface area (Å²) in [6.45, 7) is 2.74. The van der Waals surface area contributed by atoms with Gasteiger partial charge in [-0.1, -0.05) is 12.1 Å². The van der Waals surface area contributed by atoms with E-state index in [1.54, 1.807) is 40.4 Å². The van der Waals surface area contributed by atoms with E-state index in [0.29, 0.717) is 25.2 Å². The summed E-state index contributed by atoms with van der Waals surface area (Å²) in [4.78, 5) is 14.3. The topological polar surface area (TPSA) is 84.3 Å². The number of aryl methyl sites for hydroxylation is 1. The van der Waals surface area contributed by atoms with Gasteiger partial charge in [-0.25, -0.2) is 13.1 Å². The largest absolute Gasteiger partial charge is 0.322 e. The van der Waals surface area contributed by atoms with Crippen LogP contribution in [0.25, 0.3) is 5.69 Å². The maximum absolute atomic E-state index is 13.2. The fourth-order valence-corrected chi connectivity index (χ4v) is 6.29. The molecule has 2 aromatic carbocycles. The third-order valence-corrected chi connectivity index (χ3v) is 8.55. The number of benzene rings is 2. The monoisotopic (exact) mass is 478 g/mol. The first-order valence-corrected chi connectivity index (χ1v) is 12.8. The predicted octanol–water partition coefficient (Wildman–Crippen LogP) is 4.24. The van der Waals surface area contributed by atoms with Crippen LogP contribution in [0.5, 0.6) is 0 Å². The van der Waals surface area contributed by atoms with Crippen LogP contribution in [0, 0.1) is 6.92 Å². The van der Waals surface area contributed by atoms with E-state index in [1.165, 1.54) is 21.3 Å². The molecule has 0 radical (unpaired) electrons.